The van der Waals surface area contributed by atoms with Crippen molar-refractivity contribution >= 4 is 39.1 Å². The van der Waals surface area contributed by atoms with Gasteiger partial charge in [0.1, 0.15) is 24.1 Å². The first kappa shape index (κ1) is 33.7. The molecule has 3 aromatic carbocycles. The van der Waals surface area contributed by atoms with Crippen LogP contribution in [0.4, 0.5) is 5.69 Å². The first-order chi connectivity index (χ1) is 20.2. The third kappa shape index (κ3) is 8.42. The molecule has 11 heteroatoms. The van der Waals surface area contributed by atoms with Crippen LogP contribution in [-0.4, -0.2) is 57.5 Å². The van der Waals surface area contributed by atoms with E-state index in [9.17, 15) is 18.0 Å². The molecule has 0 fully saturated rings. The fourth-order valence-electron chi connectivity index (χ4n) is 4.53. The van der Waals surface area contributed by atoms with Crippen LogP contribution in [0.3, 0.4) is 0 Å². The van der Waals surface area contributed by atoms with Crippen molar-refractivity contribution in [1.29, 1.82) is 0 Å². The van der Waals surface area contributed by atoms with Crippen molar-refractivity contribution in [1.82, 2.24) is 10.2 Å². The highest BCUT2D eigenvalue weighted by molar-refractivity contribution is 7.92. The molecule has 1 N–H and O–H groups in total. The molecule has 0 spiro atoms. The summed E-state index contributed by atoms with van der Waals surface area (Å²) in [6, 6.07) is 17.2. The average molecular weight is 630 g/mol. The summed E-state index contributed by atoms with van der Waals surface area (Å²) < 4.78 is 40.3. The SMILES string of the molecule is CC[C@H](C(=O)NC(C)(C)C)N(Cc1ccccc1Cl)C(=O)CN(c1cc(OC)ccc1OC)S(=O)(=O)c1ccc(C)cc1. The molecule has 43 heavy (non-hydrogen) atoms. The van der Waals surface area contributed by atoms with Gasteiger partial charge >= 0.3 is 0 Å². The Kier molecular flexibility index (Phi) is 11.1. The lowest BCUT2D eigenvalue weighted by molar-refractivity contribution is -0.141. The largest absolute Gasteiger partial charge is 0.497 e. The molecule has 9 nitrogen and oxygen atoms in total. The summed E-state index contributed by atoms with van der Waals surface area (Å²) in [7, 11) is -1.42. The van der Waals surface area contributed by atoms with Crippen molar-refractivity contribution in [2.24, 2.45) is 0 Å². The zero-order valence-electron chi connectivity index (χ0n) is 25.7. The highest BCUT2D eigenvalue weighted by atomic mass is 35.5. The smallest absolute Gasteiger partial charge is 0.264 e. The third-order valence-electron chi connectivity index (χ3n) is 6.73. The number of aryl methyl sites for hydroxylation is 1. The Labute approximate surface area is 259 Å². The number of ether oxygens (including phenoxy) is 2. The molecule has 2 amide bonds. The minimum atomic E-state index is -4.30. The molecule has 0 aromatic heterocycles. The molecule has 0 aliphatic carbocycles. The monoisotopic (exact) mass is 629 g/mol. The topological polar surface area (TPSA) is 105 Å². The number of sulfonamides is 1. The van der Waals surface area contributed by atoms with Crippen LogP contribution >= 0.6 is 11.6 Å². The molecule has 0 unspecified atom stereocenters. The first-order valence-electron chi connectivity index (χ1n) is 13.9. The van der Waals surface area contributed by atoms with Gasteiger partial charge in [0, 0.05) is 23.2 Å². The first-order valence-corrected chi connectivity index (χ1v) is 15.7. The van der Waals surface area contributed by atoms with Gasteiger partial charge in [0.15, 0.2) is 0 Å². The summed E-state index contributed by atoms with van der Waals surface area (Å²) in [6.07, 6.45) is 0.283. The number of rotatable bonds is 12. The minimum Gasteiger partial charge on any atom is -0.497 e. The Bertz CT molecular complexity index is 1540. The van der Waals surface area contributed by atoms with E-state index in [2.05, 4.69) is 5.32 Å². The highest BCUT2D eigenvalue weighted by Gasteiger charge is 2.36. The van der Waals surface area contributed by atoms with Crippen LogP contribution < -0.4 is 19.1 Å². The van der Waals surface area contributed by atoms with E-state index < -0.39 is 34.1 Å². The number of carbonyl (C=O) groups excluding carboxylic acids is 2. The predicted molar refractivity (Wildman–Crippen MR) is 169 cm³/mol. The molecule has 232 valence electrons. The molecular formula is C32H40ClN3O6S. The number of benzene rings is 3. The van der Waals surface area contributed by atoms with E-state index in [-0.39, 0.29) is 35.2 Å². The van der Waals surface area contributed by atoms with E-state index in [4.69, 9.17) is 21.1 Å². The molecule has 1 atom stereocenters. The van der Waals surface area contributed by atoms with Crippen LogP contribution in [-0.2, 0) is 26.2 Å². The van der Waals surface area contributed by atoms with Gasteiger partial charge < -0.3 is 19.7 Å². The molecule has 3 rings (SSSR count). The summed E-state index contributed by atoms with van der Waals surface area (Å²) in [5, 5.41) is 3.37. The molecule has 0 heterocycles. The number of carbonyl (C=O) groups is 2. The summed E-state index contributed by atoms with van der Waals surface area (Å²) in [4.78, 5) is 29.2. The van der Waals surface area contributed by atoms with Gasteiger partial charge in [-0.1, -0.05) is 54.4 Å². The Morgan fingerprint density at radius 1 is 0.977 bits per heavy atom. The number of nitrogens with one attached hydrogen (secondary N) is 1. The maximum Gasteiger partial charge on any atom is 0.264 e. The molecule has 0 aliphatic heterocycles. The maximum atomic E-state index is 14.3. The van der Waals surface area contributed by atoms with Crippen LogP contribution in [0.1, 0.15) is 45.2 Å². The van der Waals surface area contributed by atoms with E-state index in [1.807, 2.05) is 27.7 Å². The zero-order valence-corrected chi connectivity index (χ0v) is 27.3. The zero-order chi connectivity index (χ0) is 31.9. The lowest BCUT2D eigenvalue weighted by Gasteiger charge is -2.35. The average Bonchev–Trinajstić information content (AvgIpc) is 2.95. The summed E-state index contributed by atoms with van der Waals surface area (Å²) in [6.45, 7) is 8.56. The molecule has 0 radical (unpaired) electrons. The van der Waals surface area contributed by atoms with Gasteiger partial charge in [-0.2, -0.15) is 0 Å². The van der Waals surface area contributed by atoms with Crippen LogP contribution in [0.5, 0.6) is 11.5 Å². The number of amides is 2. The number of hydrogen-bond acceptors (Lipinski definition) is 6. The molecule has 0 saturated carbocycles. The van der Waals surface area contributed by atoms with E-state index in [0.717, 1.165) is 9.87 Å². The van der Waals surface area contributed by atoms with Gasteiger partial charge in [-0.15, -0.1) is 0 Å². The minimum absolute atomic E-state index is 0.00839. The third-order valence-corrected chi connectivity index (χ3v) is 8.87. The summed E-state index contributed by atoms with van der Waals surface area (Å²) in [5.41, 5.74) is 1.05. The van der Waals surface area contributed by atoms with Crippen LogP contribution in [0.25, 0.3) is 0 Å². The second kappa shape index (κ2) is 14.1. The van der Waals surface area contributed by atoms with Gasteiger partial charge in [0.05, 0.1) is 24.8 Å². The van der Waals surface area contributed by atoms with Crippen molar-refractivity contribution in [2.75, 3.05) is 25.1 Å². The quantitative estimate of drug-likeness (QED) is 0.280. The molecule has 0 aliphatic rings. The van der Waals surface area contributed by atoms with Crippen LogP contribution in [0.2, 0.25) is 5.02 Å². The number of nitrogens with zero attached hydrogens (tertiary/aromatic N) is 2. The van der Waals surface area contributed by atoms with Gasteiger partial charge in [-0.3, -0.25) is 13.9 Å². The van der Waals surface area contributed by atoms with E-state index in [1.54, 1.807) is 55.5 Å². The second-order valence-electron chi connectivity index (χ2n) is 11.1. The van der Waals surface area contributed by atoms with Crippen molar-refractivity contribution in [2.45, 2.75) is 64.1 Å². The fourth-order valence-corrected chi connectivity index (χ4v) is 6.14. The molecule has 0 saturated heterocycles. The van der Waals surface area contributed by atoms with Crippen molar-refractivity contribution in [3.05, 3.63) is 82.9 Å². The molecule has 0 bridgehead atoms. The normalized spacial score (nSPS) is 12.3. The van der Waals surface area contributed by atoms with E-state index in [1.165, 1.54) is 37.3 Å². The van der Waals surface area contributed by atoms with Crippen LogP contribution in [0, 0.1) is 6.92 Å². The summed E-state index contributed by atoms with van der Waals surface area (Å²) >= 11 is 6.47. The standard InChI is InChI=1S/C32H40ClN3O6S/c1-8-27(31(38)34-32(3,4)5)35(20-23-11-9-10-12-26(23)33)30(37)21-36(28-19-24(41-6)15-18-29(28)42-7)43(39,40)25-16-13-22(2)14-17-25/h9-19,27H,8,20-21H2,1-7H3,(H,34,38)/t27-/m1/s1. The van der Waals surface area contributed by atoms with E-state index >= 15 is 0 Å². The van der Waals surface area contributed by atoms with Crippen molar-refractivity contribution < 1.29 is 27.5 Å². The Hall–Kier alpha value is -3.76. The number of halogens is 1. The highest BCUT2D eigenvalue weighted by Crippen LogP contribution is 2.36. The summed E-state index contributed by atoms with van der Waals surface area (Å²) in [5.74, 6) is -0.366. The number of methoxy groups -OCH3 is 2. The lowest BCUT2D eigenvalue weighted by Crippen LogP contribution is -2.55. The Morgan fingerprint density at radius 3 is 2.19 bits per heavy atom. The van der Waals surface area contributed by atoms with Gasteiger partial charge in [0.2, 0.25) is 11.8 Å². The Balaban J connectivity index is 2.17. The molecular weight excluding hydrogens is 590 g/mol. The lowest BCUT2D eigenvalue weighted by atomic mass is 10.1. The van der Waals surface area contributed by atoms with Crippen molar-refractivity contribution in [3.63, 3.8) is 0 Å². The molecule has 3 aromatic rings. The fraction of sp³-hybridized carbons (Fsp3) is 0.375. The van der Waals surface area contributed by atoms with Crippen molar-refractivity contribution in [3.8, 4) is 11.5 Å². The second-order valence-corrected chi connectivity index (χ2v) is 13.4. The van der Waals surface area contributed by atoms with Gasteiger partial charge in [-0.05, 0) is 70.0 Å². The van der Waals surface area contributed by atoms with Crippen LogP contribution in [0.15, 0.2) is 71.6 Å². The Morgan fingerprint density at radius 2 is 1.63 bits per heavy atom. The van der Waals surface area contributed by atoms with Gasteiger partial charge in [-0.25, -0.2) is 8.42 Å². The van der Waals surface area contributed by atoms with E-state index in [0.29, 0.717) is 16.3 Å². The van der Waals surface area contributed by atoms with Gasteiger partial charge in [0.25, 0.3) is 10.0 Å². The predicted octanol–water partition coefficient (Wildman–Crippen LogP) is 5.58. The number of hydrogen-bond donors (Lipinski definition) is 1. The number of anilines is 1. The maximum absolute atomic E-state index is 14.3.